The highest BCUT2D eigenvalue weighted by Crippen LogP contribution is 2.28. The van der Waals surface area contributed by atoms with Gasteiger partial charge in [0.15, 0.2) is 0 Å². The number of halogens is 1. The molecule has 0 saturated heterocycles. The molecule has 0 unspecified atom stereocenters. The molecule has 0 aliphatic heterocycles. The third-order valence-corrected chi connectivity index (χ3v) is 3.93. The predicted molar refractivity (Wildman–Crippen MR) is 100 cm³/mol. The second-order valence-corrected chi connectivity index (χ2v) is 6.00. The maximum atomic E-state index is 11.1. The number of benzene rings is 2. The lowest BCUT2D eigenvalue weighted by atomic mass is 10.2. The van der Waals surface area contributed by atoms with Crippen LogP contribution in [-0.4, -0.2) is 9.91 Å². The van der Waals surface area contributed by atoms with E-state index in [-0.39, 0.29) is 5.69 Å². The van der Waals surface area contributed by atoms with Gasteiger partial charge in [-0.05, 0) is 35.9 Å². The molecule has 0 radical (unpaired) electrons. The van der Waals surface area contributed by atoms with Crippen LogP contribution in [-0.2, 0) is 13.2 Å². The van der Waals surface area contributed by atoms with Gasteiger partial charge in [-0.25, -0.2) is 0 Å². The molecule has 2 aromatic carbocycles. The summed E-state index contributed by atoms with van der Waals surface area (Å²) >= 11 is 5.82. The summed E-state index contributed by atoms with van der Waals surface area (Å²) < 4.78 is 5.71. The maximum Gasteiger partial charge on any atom is 0.293 e. The molecule has 0 bridgehead atoms. The van der Waals surface area contributed by atoms with Gasteiger partial charge in [-0.15, -0.1) is 0 Å². The Hall–Kier alpha value is -3.12. The summed E-state index contributed by atoms with van der Waals surface area (Å²) in [6.07, 6.45) is 3.48. The fraction of sp³-hybridized carbons (Fsp3) is 0.105. The molecule has 3 rings (SSSR count). The monoisotopic (exact) mass is 369 g/mol. The van der Waals surface area contributed by atoms with Crippen molar-refractivity contribution in [3.8, 4) is 5.75 Å². The number of hydrogen-bond acceptors (Lipinski definition) is 5. The molecule has 3 aromatic rings. The van der Waals surface area contributed by atoms with E-state index in [4.69, 9.17) is 16.3 Å². The topological polar surface area (TPSA) is 77.3 Å². The van der Waals surface area contributed by atoms with Crippen LogP contribution in [0.15, 0.2) is 67.0 Å². The van der Waals surface area contributed by atoms with E-state index in [1.807, 2.05) is 36.4 Å². The number of ether oxygens (including phenoxy) is 1. The first-order valence-corrected chi connectivity index (χ1v) is 8.28. The molecule has 7 heteroatoms. The van der Waals surface area contributed by atoms with E-state index in [0.717, 1.165) is 16.9 Å². The molecule has 1 N–H and O–H groups in total. The second-order valence-electron chi connectivity index (χ2n) is 5.57. The molecule has 132 valence electrons. The van der Waals surface area contributed by atoms with Gasteiger partial charge in [0, 0.05) is 35.6 Å². The summed E-state index contributed by atoms with van der Waals surface area (Å²) in [5.74, 6) is 0.745. The van der Waals surface area contributed by atoms with E-state index >= 15 is 0 Å². The van der Waals surface area contributed by atoms with Gasteiger partial charge in [-0.2, -0.15) is 0 Å². The van der Waals surface area contributed by atoms with Crippen molar-refractivity contribution in [3.63, 3.8) is 0 Å². The predicted octanol–water partition coefficient (Wildman–Crippen LogP) is 4.83. The normalized spacial score (nSPS) is 10.3. The van der Waals surface area contributed by atoms with Gasteiger partial charge in [-0.3, -0.25) is 15.1 Å². The Morgan fingerprint density at radius 1 is 1.12 bits per heavy atom. The largest absolute Gasteiger partial charge is 0.489 e. The van der Waals surface area contributed by atoms with Crippen molar-refractivity contribution in [2.24, 2.45) is 0 Å². The first-order chi connectivity index (χ1) is 12.6. The smallest absolute Gasteiger partial charge is 0.293 e. The number of nitrogens with one attached hydrogen (secondary N) is 1. The summed E-state index contributed by atoms with van der Waals surface area (Å²) in [4.78, 5) is 14.7. The van der Waals surface area contributed by atoms with E-state index in [2.05, 4.69) is 10.3 Å². The highest BCUT2D eigenvalue weighted by molar-refractivity contribution is 6.30. The lowest BCUT2D eigenvalue weighted by Gasteiger charge is -2.09. The second kappa shape index (κ2) is 8.31. The fourth-order valence-electron chi connectivity index (χ4n) is 2.36. The van der Waals surface area contributed by atoms with Crippen LogP contribution in [0.2, 0.25) is 5.02 Å². The minimum Gasteiger partial charge on any atom is -0.489 e. The van der Waals surface area contributed by atoms with Gasteiger partial charge in [0.05, 0.1) is 4.92 Å². The molecule has 0 aliphatic carbocycles. The van der Waals surface area contributed by atoms with Crippen LogP contribution < -0.4 is 10.1 Å². The average Bonchev–Trinajstić information content (AvgIpc) is 2.67. The van der Waals surface area contributed by atoms with E-state index in [0.29, 0.717) is 23.9 Å². The van der Waals surface area contributed by atoms with Crippen molar-refractivity contribution in [1.29, 1.82) is 0 Å². The molecule has 1 aromatic heterocycles. The van der Waals surface area contributed by atoms with Crippen molar-refractivity contribution in [1.82, 2.24) is 4.98 Å². The highest BCUT2D eigenvalue weighted by Gasteiger charge is 2.13. The first-order valence-electron chi connectivity index (χ1n) is 7.90. The lowest BCUT2D eigenvalue weighted by molar-refractivity contribution is -0.383. The van der Waals surface area contributed by atoms with Crippen molar-refractivity contribution in [3.05, 3.63) is 93.3 Å². The number of hydrogen-bond donors (Lipinski definition) is 1. The quantitative estimate of drug-likeness (QED) is 0.476. The molecule has 1 heterocycles. The standard InChI is InChI=1S/C19H16ClN3O3/c20-16-5-8-18(19(10-16)23(24)25)22-12-14-3-6-17(7-4-14)26-13-15-2-1-9-21-11-15/h1-11,22H,12-13H2. The molecular formula is C19H16ClN3O3. The Kier molecular flexibility index (Phi) is 5.66. The Bertz CT molecular complexity index is 886. The van der Waals surface area contributed by atoms with Crippen molar-refractivity contribution < 1.29 is 9.66 Å². The summed E-state index contributed by atoms with van der Waals surface area (Å²) in [6, 6.07) is 15.9. The maximum absolute atomic E-state index is 11.1. The zero-order valence-corrected chi connectivity index (χ0v) is 14.5. The zero-order chi connectivity index (χ0) is 18.4. The average molecular weight is 370 g/mol. The molecular weight excluding hydrogens is 354 g/mol. The third kappa shape index (κ3) is 4.70. The van der Waals surface area contributed by atoms with Crippen LogP contribution in [0.25, 0.3) is 0 Å². The number of nitrogens with zero attached hydrogens (tertiary/aromatic N) is 2. The molecule has 6 nitrogen and oxygen atoms in total. The van der Waals surface area contributed by atoms with Gasteiger partial charge in [-0.1, -0.05) is 29.8 Å². The van der Waals surface area contributed by atoms with Crippen molar-refractivity contribution in [2.45, 2.75) is 13.2 Å². The minimum absolute atomic E-state index is 0.0473. The summed E-state index contributed by atoms with van der Waals surface area (Å²) in [7, 11) is 0. The third-order valence-electron chi connectivity index (χ3n) is 3.69. The Morgan fingerprint density at radius 3 is 2.62 bits per heavy atom. The van der Waals surface area contributed by atoms with Crippen LogP contribution in [0.4, 0.5) is 11.4 Å². The van der Waals surface area contributed by atoms with Gasteiger partial charge in [0.2, 0.25) is 0 Å². The first kappa shape index (κ1) is 17.7. The molecule has 0 saturated carbocycles. The minimum atomic E-state index is -0.455. The number of aromatic nitrogens is 1. The van der Waals surface area contributed by atoms with E-state index in [9.17, 15) is 10.1 Å². The SMILES string of the molecule is O=[N+]([O-])c1cc(Cl)ccc1NCc1ccc(OCc2cccnc2)cc1. The van der Waals surface area contributed by atoms with Crippen molar-refractivity contribution in [2.75, 3.05) is 5.32 Å². The summed E-state index contributed by atoms with van der Waals surface area (Å²) in [5.41, 5.74) is 2.35. The van der Waals surface area contributed by atoms with Crippen molar-refractivity contribution >= 4 is 23.0 Å². The fourth-order valence-corrected chi connectivity index (χ4v) is 2.52. The molecule has 26 heavy (non-hydrogen) atoms. The molecule has 0 atom stereocenters. The number of nitro benzene ring substituents is 1. The molecule has 0 aliphatic rings. The molecule has 0 amide bonds. The lowest BCUT2D eigenvalue weighted by Crippen LogP contribution is -2.03. The van der Waals surface area contributed by atoms with Crippen LogP contribution in [0.1, 0.15) is 11.1 Å². The van der Waals surface area contributed by atoms with Crippen LogP contribution in [0.5, 0.6) is 5.75 Å². The summed E-state index contributed by atoms with van der Waals surface area (Å²) in [6.45, 7) is 0.897. The van der Waals surface area contributed by atoms with Crippen LogP contribution in [0, 0.1) is 10.1 Å². The highest BCUT2D eigenvalue weighted by atomic mass is 35.5. The number of nitro groups is 1. The number of rotatable bonds is 7. The van der Waals surface area contributed by atoms with Crippen LogP contribution in [0.3, 0.4) is 0 Å². The van der Waals surface area contributed by atoms with E-state index in [1.54, 1.807) is 24.5 Å². The van der Waals surface area contributed by atoms with E-state index in [1.165, 1.54) is 6.07 Å². The molecule has 0 spiro atoms. The van der Waals surface area contributed by atoms with Gasteiger partial charge in [0.25, 0.3) is 5.69 Å². The zero-order valence-electron chi connectivity index (χ0n) is 13.8. The van der Waals surface area contributed by atoms with E-state index < -0.39 is 4.92 Å². The van der Waals surface area contributed by atoms with Gasteiger partial charge >= 0.3 is 0 Å². The Labute approximate surface area is 155 Å². The Balaban J connectivity index is 1.59. The van der Waals surface area contributed by atoms with Crippen LogP contribution >= 0.6 is 11.6 Å². The van der Waals surface area contributed by atoms with Gasteiger partial charge in [0.1, 0.15) is 18.0 Å². The number of anilines is 1. The molecule has 0 fully saturated rings. The Morgan fingerprint density at radius 2 is 1.92 bits per heavy atom. The number of pyridine rings is 1. The van der Waals surface area contributed by atoms with Gasteiger partial charge < -0.3 is 10.1 Å². The summed E-state index contributed by atoms with van der Waals surface area (Å²) in [5, 5.41) is 14.5.